The Morgan fingerprint density at radius 1 is 1.04 bits per heavy atom. The smallest absolute Gasteiger partial charge is 0.275 e. The fourth-order valence-corrected chi connectivity index (χ4v) is 2.45. The first-order valence-electron chi connectivity index (χ1n) is 6.98. The van der Waals surface area contributed by atoms with Gasteiger partial charge in [-0.3, -0.25) is 4.79 Å². The topological polar surface area (TPSA) is 69.2 Å². The number of para-hydroxylation sites is 1. The van der Waals surface area contributed by atoms with Crippen molar-refractivity contribution in [2.45, 2.75) is 0 Å². The first kappa shape index (κ1) is 17.8. The Morgan fingerprint density at radius 3 is 2.33 bits per heavy atom. The van der Waals surface area contributed by atoms with Crippen LogP contribution in [0.1, 0.15) is 15.9 Å². The predicted molar refractivity (Wildman–Crippen MR) is 95.3 cm³/mol. The van der Waals surface area contributed by atoms with Gasteiger partial charge in [0.25, 0.3) is 5.91 Å². The molecule has 0 unspecified atom stereocenters. The van der Waals surface area contributed by atoms with Crippen LogP contribution in [-0.4, -0.2) is 33.5 Å². The number of carbonyl (C=O) groups excluding carboxylic acids is 1. The van der Waals surface area contributed by atoms with E-state index in [4.69, 9.17) is 14.2 Å². The van der Waals surface area contributed by atoms with E-state index in [1.54, 1.807) is 50.6 Å². The normalized spacial score (nSPS) is 10.5. The average molecular weight is 393 g/mol. The Bertz CT molecular complexity index is 762. The molecule has 0 spiro atoms. The Kier molecular flexibility index (Phi) is 6.20. The van der Waals surface area contributed by atoms with E-state index in [1.165, 1.54) is 13.3 Å². The van der Waals surface area contributed by atoms with Crippen molar-refractivity contribution >= 4 is 28.1 Å². The van der Waals surface area contributed by atoms with Crippen LogP contribution >= 0.6 is 15.9 Å². The molecule has 0 heterocycles. The molecule has 0 bridgehead atoms. The lowest BCUT2D eigenvalue weighted by atomic mass is 10.2. The number of hydrogen-bond acceptors (Lipinski definition) is 5. The monoisotopic (exact) mass is 392 g/mol. The van der Waals surface area contributed by atoms with Crippen molar-refractivity contribution in [1.29, 1.82) is 0 Å². The van der Waals surface area contributed by atoms with Gasteiger partial charge in [0.15, 0.2) is 11.5 Å². The number of nitrogens with one attached hydrogen (secondary N) is 1. The molecule has 2 rings (SSSR count). The summed E-state index contributed by atoms with van der Waals surface area (Å²) in [6.45, 7) is 0. The second kappa shape index (κ2) is 8.35. The third kappa shape index (κ3) is 4.05. The molecule has 2 aromatic rings. The molecule has 6 nitrogen and oxygen atoms in total. The summed E-state index contributed by atoms with van der Waals surface area (Å²) >= 11 is 3.43. The minimum absolute atomic E-state index is 0.361. The summed E-state index contributed by atoms with van der Waals surface area (Å²) in [5.74, 6) is 1.29. The van der Waals surface area contributed by atoms with Gasteiger partial charge in [-0.2, -0.15) is 5.10 Å². The summed E-state index contributed by atoms with van der Waals surface area (Å²) in [5, 5.41) is 3.98. The molecular formula is C17H17BrN2O4. The summed E-state index contributed by atoms with van der Waals surface area (Å²) < 4.78 is 16.4. The maximum absolute atomic E-state index is 12.2. The molecule has 24 heavy (non-hydrogen) atoms. The maximum Gasteiger partial charge on any atom is 0.275 e. The van der Waals surface area contributed by atoms with Gasteiger partial charge in [-0.05, 0) is 40.2 Å². The molecule has 0 radical (unpaired) electrons. The van der Waals surface area contributed by atoms with E-state index in [0.29, 0.717) is 22.8 Å². The number of nitrogens with zero attached hydrogens (tertiary/aromatic N) is 1. The summed E-state index contributed by atoms with van der Waals surface area (Å²) in [5.41, 5.74) is 3.61. The summed E-state index contributed by atoms with van der Waals surface area (Å²) in [6, 6.07) is 10.4. The van der Waals surface area contributed by atoms with Crippen molar-refractivity contribution in [3.63, 3.8) is 0 Å². The highest BCUT2D eigenvalue weighted by Crippen LogP contribution is 2.32. The minimum Gasteiger partial charge on any atom is -0.496 e. The quantitative estimate of drug-likeness (QED) is 0.605. The van der Waals surface area contributed by atoms with E-state index < -0.39 is 0 Å². The van der Waals surface area contributed by atoms with Gasteiger partial charge in [0.2, 0.25) is 0 Å². The van der Waals surface area contributed by atoms with Gasteiger partial charge < -0.3 is 14.2 Å². The van der Waals surface area contributed by atoms with Gasteiger partial charge in [0.1, 0.15) is 5.75 Å². The second-order valence-corrected chi connectivity index (χ2v) is 5.48. The third-order valence-electron chi connectivity index (χ3n) is 3.22. The van der Waals surface area contributed by atoms with Gasteiger partial charge in [-0.25, -0.2) is 5.43 Å². The van der Waals surface area contributed by atoms with Crippen molar-refractivity contribution in [3.05, 3.63) is 52.0 Å². The molecular weight excluding hydrogens is 376 g/mol. The molecule has 2 aromatic carbocycles. The van der Waals surface area contributed by atoms with Gasteiger partial charge in [-0.1, -0.05) is 12.1 Å². The molecule has 0 aliphatic heterocycles. The van der Waals surface area contributed by atoms with Crippen LogP contribution in [0, 0.1) is 0 Å². The van der Waals surface area contributed by atoms with Crippen LogP contribution in [0.15, 0.2) is 46.0 Å². The molecule has 7 heteroatoms. The molecule has 0 saturated carbocycles. The lowest BCUT2D eigenvalue weighted by molar-refractivity contribution is 0.0952. The average Bonchev–Trinajstić information content (AvgIpc) is 2.62. The second-order valence-electron chi connectivity index (χ2n) is 4.63. The van der Waals surface area contributed by atoms with E-state index >= 15 is 0 Å². The molecule has 0 aliphatic carbocycles. The van der Waals surface area contributed by atoms with E-state index in [0.717, 1.165) is 10.0 Å². The van der Waals surface area contributed by atoms with Crippen LogP contribution in [0.2, 0.25) is 0 Å². The Labute approximate surface area is 148 Å². The number of rotatable bonds is 6. The standard InChI is InChI=1S/C17H17BrN2O4/c1-22-14-7-5-4-6-12(14)17(21)20-19-10-11-8-15(23-2)16(24-3)9-13(11)18/h4-10H,1-3H3,(H,20,21)/b19-10+. The molecule has 1 amide bonds. The van der Waals surface area contributed by atoms with Crippen LogP contribution in [0.4, 0.5) is 0 Å². The zero-order chi connectivity index (χ0) is 17.5. The number of benzene rings is 2. The van der Waals surface area contributed by atoms with Gasteiger partial charge in [0, 0.05) is 10.0 Å². The number of halogens is 1. The maximum atomic E-state index is 12.2. The van der Waals surface area contributed by atoms with E-state index in [9.17, 15) is 4.79 Å². The number of ether oxygens (including phenoxy) is 3. The molecule has 0 atom stereocenters. The van der Waals surface area contributed by atoms with E-state index in [2.05, 4.69) is 26.5 Å². The number of hydrazone groups is 1. The number of hydrogen-bond donors (Lipinski definition) is 1. The Balaban J connectivity index is 2.15. The van der Waals surface area contributed by atoms with Crippen LogP contribution < -0.4 is 19.6 Å². The van der Waals surface area contributed by atoms with Crippen LogP contribution in [0.3, 0.4) is 0 Å². The summed E-state index contributed by atoms with van der Waals surface area (Å²) in [6.07, 6.45) is 1.51. The lowest BCUT2D eigenvalue weighted by Gasteiger charge is -2.09. The van der Waals surface area contributed by atoms with Crippen molar-refractivity contribution in [3.8, 4) is 17.2 Å². The van der Waals surface area contributed by atoms with Gasteiger partial charge in [0.05, 0.1) is 33.1 Å². The molecule has 0 aromatic heterocycles. The minimum atomic E-state index is -0.361. The SMILES string of the molecule is COc1cc(Br)c(/C=N/NC(=O)c2ccccc2OC)cc1OC. The number of carbonyl (C=O) groups is 1. The van der Waals surface area contributed by atoms with Crippen molar-refractivity contribution in [1.82, 2.24) is 5.43 Å². The Morgan fingerprint density at radius 2 is 1.67 bits per heavy atom. The van der Waals surface area contributed by atoms with Gasteiger partial charge >= 0.3 is 0 Å². The molecule has 0 saturated heterocycles. The van der Waals surface area contributed by atoms with Crippen LogP contribution in [0.25, 0.3) is 0 Å². The zero-order valence-corrected chi connectivity index (χ0v) is 15.1. The molecule has 0 aliphatic rings. The lowest BCUT2D eigenvalue weighted by Crippen LogP contribution is -2.18. The molecule has 126 valence electrons. The zero-order valence-electron chi connectivity index (χ0n) is 13.5. The highest BCUT2D eigenvalue weighted by Gasteiger charge is 2.11. The predicted octanol–water partition coefficient (Wildman–Crippen LogP) is 3.24. The first-order valence-corrected chi connectivity index (χ1v) is 7.78. The number of amides is 1. The van der Waals surface area contributed by atoms with Gasteiger partial charge in [-0.15, -0.1) is 0 Å². The highest BCUT2D eigenvalue weighted by atomic mass is 79.9. The van der Waals surface area contributed by atoms with Crippen LogP contribution in [-0.2, 0) is 0 Å². The molecule has 1 N–H and O–H groups in total. The van der Waals surface area contributed by atoms with Crippen molar-refractivity contribution in [2.24, 2.45) is 5.10 Å². The first-order chi connectivity index (χ1) is 11.6. The largest absolute Gasteiger partial charge is 0.496 e. The fourth-order valence-electron chi connectivity index (χ4n) is 2.02. The fraction of sp³-hybridized carbons (Fsp3) is 0.176. The summed E-state index contributed by atoms with van der Waals surface area (Å²) in [4.78, 5) is 12.2. The van der Waals surface area contributed by atoms with E-state index in [-0.39, 0.29) is 5.91 Å². The highest BCUT2D eigenvalue weighted by molar-refractivity contribution is 9.10. The Hall–Kier alpha value is -2.54. The van der Waals surface area contributed by atoms with Crippen molar-refractivity contribution in [2.75, 3.05) is 21.3 Å². The van der Waals surface area contributed by atoms with E-state index in [1.807, 2.05) is 0 Å². The third-order valence-corrected chi connectivity index (χ3v) is 3.91. The molecule has 0 fully saturated rings. The van der Waals surface area contributed by atoms with Crippen molar-refractivity contribution < 1.29 is 19.0 Å². The number of methoxy groups -OCH3 is 3. The van der Waals surface area contributed by atoms with Crippen LogP contribution in [0.5, 0.6) is 17.2 Å². The summed E-state index contributed by atoms with van der Waals surface area (Å²) in [7, 11) is 4.62.